The van der Waals surface area contributed by atoms with Gasteiger partial charge in [0.15, 0.2) is 0 Å². The van der Waals surface area contributed by atoms with Crippen LogP contribution in [-0.4, -0.2) is 89.9 Å². The topological polar surface area (TPSA) is 83.1 Å². The summed E-state index contributed by atoms with van der Waals surface area (Å²) in [4.78, 5) is 0. The van der Waals surface area contributed by atoms with Gasteiger partial charge in [-0.3, -0.25) is 0 Å². The Morgan fingerprint density at radius 3 is 1.21 bits per heavy atom. The standard InChI is InChI=1S/2C8H7N3.2Na/c2*1-2-4-7(5-3-1)8-6-9-11-10-8;;/h2*1-6H,(H,9,10,11);;. The van der Waals surface area contributed by atoms with Crippen molar-refractivity contribution in [1.29, 1.82) is 0 Å². The van der Waals surface area contributed by atoms with Crippen LogP contribution in [0.25, 0.3) is 22.5 Å². The zero-order chi connectivity index (χ0) is 15.0. The van der Waals surface area contributed by atoms with Gasteiger partial charge in [-0.15, -0.1) is 0 Å². The van der Waals surface area contributed by atoms with Crippen LogP contribution in [0.4, 0.5) is 0 Å². The fraction of sp³-hybridized carbons (Fsp3) is 0. The molecular formula is C16H14N6Na2. The number of hydrogen-bond acceptors (Lipinski definition) is 4. The fourth-order valence-electron chi connectivity index (χ4n) is 1.90. The summed E-state index contributed by atoms with van der Waals surface area (Å²) >= 11 is 0. The largest absolute Gasteiger partial charge is 0.197 e. The van der Waals surface area contributed by atoms with Crippen molar-refractivity contribution in [2.75, 3.05) is 0 Å². The molecule has 0 aliphatic heterocycles. The molecule has 2 aromatic heterocycles. The number of H-pyrrole nitrogens is 2. The van der Waals surface area contributed by atoms with E-state index in [1.165, 1.54) is 0 Å². The quantitative estimate of drug-likeness (QED) is 0.550. The second-order valence-corrected chi connectivity index (χ2v) is 4.44. The maximum Gasteiger partial charge on any atom is 0.112 e. The Labute approximate surface area is 184 Å². The molecule has 2 heterocycles. The van der Waals surface area contributed by atoms with Gasteiger partial charge in [0.2, 0.25) is 0 Å². The van der Waals surface area contributed by atoms with Crippen LogP contribution in [-0.2, 0) is 0 Å². The Bertz CT molecular complexity index is 704. The van der Waals surface area contributed by atoms with Crippen LogP contribution in [0.2, 0.25) is 0 Å². The van der Waals surface area contributed by atoms with Gasteiger partial charge in [-0.05, 0) is 0 Å². The number of nitrogens with one attached hydrogen (secondary N) is 2. The first-order valence-corrected chi connectivity index (χ1v) is 6.76. The Balaban J connectivity index is 0.000000222. The predicted octanol–water partition coefficient (Wildman–Crippen LogP) is 2.18. The van der Waals surface area contributed by atoms with Gasteiger partial charge in [-0.25, -0.2) is 0 Å². The molecule has 0 amide bonds. The van der Waals surface area contributed by atoms with E-state index in [-0.39, 0.29) is 59.1 Å². The normalized spacial score (nSPS) is 9.00. The van der Waals surface area contributed by atoms with Crippen LogP contribution in [0.15, 0.2) is 73.1 Å². The van der Waals surface area contributed by atoms with Crippen molar-refractivity contribution in [3.8, 4) is 22.5 Å². The smallest absolute Gasteiger partial charge is 0.112 e. The van der Waals surface area contributed by atoms with Crippen LogP contribution in [0.3, 0.4) is 0 Å². The minimum Gasteiger partial charge on any atom is -0.197 e. The summed E-state index contributed by atoms with van der Waals surface area (Å²) in [6, 6.07) is 19.8. The second-order valence-electron chi connectivity index (χ2n) is 4.44. The predicted molar refractivity (Wildman–Crippen MR) is 95.1 cm³/mol. The average Bonchev–Trinajstić information content (AvgIpc) is 3.31. The Hall–Kier alpha value is -1.28. The van der Waals surface area contributed by atoms with E-state index in [4.69, 9.17) is 0 Å². The first kappa shape index (κ1) is 20.8. The molecule has 2 aromatic carbocycles. The van der Waals surface area contributed by atoms with Crippen LogP contribution < -0.4 is 0 Å². The SMILES string of the molecule is [Na].[Na].c1ccc(-c2cn[nH]n2)cc1.c1ccc(-c2cn[nH]n2)cc1. The van der Waals surface area contributed by atoms with Crippen LogP contribution in [0.1, 0.15) is 0 Å². The first-order valence-electron chi connectivity index (χ1n) is 6.76. The molecule has 110 valence electrons. The Kier molecular flexibility index (Phi) is 9.78. The molecule has 4 rings (SSSR count). The molecule has 24 heavy (non-hydrogen) atoms. The minimum absolute atomic E-state index is 0. The number of hydrogen-bond donors (Lipinski definition) is 2. The average molecular weight is 336 g/mol. The van der Waals surface area contributed by atoms with Crippen LogP contribution >= 0.6 is 0 Å². The summed E-state index contributed by atoms with van der Waals surface area (Å²) in [5, 5.41) is 20.5. The maximum atomic E-state index is 3.95. The van der Waals surface area contributed by atoms with Crippen molar-refractivity contribution in [2.45, 2.75) is 0 Å². The fourth-order valence-corrected chi connectivity index (χ4v) is 1.90. The monoisotopic (exact) mass is 336 g/mol. The summed E-state index contributed by atoms with van der Waals surface area (Å²) in [5.41, 5.74) is 3.93. The van der Waals surface area contributed by atoms with E-state index in [2.05, 4.69) is 30.8 Å². The van der Waals surface area contributed by atoms with Crippen LogP contribution in [0, 0.1) is 0 Å². The molecule has 8 heteroatoms. The van der Waals surface area contributed by atoms with Gasteiger partial charge in [-0.1, -0.05) is 60.7 Å². The van der Waals surface area contributed by atoms with Crippen molar-refractivity contribution in [3.05, 3.63) is 73.1 Å². The Morgan fingerprint density at radius 1 is 0.542 bits per heavy atom. The van der Waals surface area contributed by atoms with E-state index >= 15 is 0 Å². The molecule has 0 fully saturated rings. The third-order valence-corrected chi connectivity index (χ3v) is 2.97. The molecule has 0 spiro atoms. The molecule has 0 saturated heterocycles. The molecule has 0 aliphatic carbocycles. The van der Waals surface area contributed by atoms with Gasteiger partial charge in [0.05, 0.1) is 12.4 Å². The molecule has 4 aromatic rings. The molecule has 0 saturated carbocycles. The molecular weight excluding hydrogens is 322 g/mol. The third kappa shape index (κ3) is 5.98. The molecule has 0 bridgehead atoms. The van der Waals surface area contributed by atoms with Crippen molar-refractivity contribution in [1.82, 2.24) is 30.8 Å². The summed E-state index contributed by atoms with van der Waals surface area (Å²) in [5.74, 6) is 0. The van der Waals surface area contributed by atoms with Crippen molar-refractivity contribution in [2.24, 2.45) is 0 Å². The van der Waals surface area contributed by atoms with E-state index in [0.29, 0.717) is 0 Å². The van der Waals surface area contributed by atoms with Gasteiger partial charge < -0.3 is 0 Å². The minimum atomic E-state index is 0. The van der Waals surface area contributed by atoms with Gasteiger partial charge in [0, 0.05) is 70.2 Å². The van der Waals surface area contributed by atoms with E-state index in [1.807, 2.05) is 60.7 Å². The van der Waals surface area contributed by atoms with Gasteiger partial charge in [0.1, 0.15) is 11.4 Å². The zero-order valence-electron chi connectivity index (χ0n) is 13.7. The van der Waals surface area contributed by atoms with E-state index in [1.54, 1.807) is 12.4 Å². The molecule has 2 N–H and O–H groups in total. The Morgan fingerprint density at radius 2 is 0.917 bits per heavy atom. The molecule has 0 aliphatic rings. The second kappa shape index (κ2) is 11.3. The van der Waals surface area contributed by atoms with E-state index < -0.39 is 0 Å². The third-order valence-electron chi connectivity index (χ3n) is 2.97. The van der Waals surface area contributed by atoms with Gasteiger partial charge in [0.25, 0.3) is 0 Å². The number of nitrogens with zero attached hydrogens (tertiary/aromatic N) is 4. The molecule has 0 atom stereocenters. The van der Waals surface area contributed by atoms with E-state index in [9.17, 15) is 0 Å². The number of rotatable bonds is 2. The zero-order valence-corrected chi connectivity index (χ0v) is 17.7. The maximum absolute atomic E-state index is 3.95. The van der Waals surface area contributed by atoms with Crippen molar-refractivity contribution >= 4 is 59.1 Å². The van der Waals surface area contributed by atoms with Gasteiger partial charge >= 0.3 is 0 Å². The molecule has 6 nitrogen and oxygen atoms in total. The summed E-state index contributed by atoms with van der Waals surface area (Å²) in [6.07, 6.45) is 3.41. The van der Waals surface area contributed by atoms with Crippen molar-refractivity contribution in [3.63, 3.8) is 0 Å². The number of benzene rings is 2. The van der Waals surface area contributed by atoms with Gasteiger partial charge in [-0.2, -0.15) is 30.8 Å². The van der Waals surface area contributed by atoms with Crippen LogP contribution in [0.5, 0.6) is 0 Å². The summed E-state index contributed by atoms with van der Waals surface area (Å²) < 4.78 is 0. The number of aromatic nitrogens is 6. The number of aromatic amines is 2. The first-order chi connectivity index (χ1) is 10.9. The van der Waals surface area contributed by atoms with E-state index in [0.717, 1.165) is 22.5 Å². The van der Waals surface area contributed by atoms with Crippen molar-refractivity contribution < 1.29 is 0 Å². The summed E-state index contributed by atoms with van der Waals surface area (Å²) in [7, 11) is 0. The molecule has 0 unspecified atom stereocenters. The molecule has 2 radical (unpaired) electrons. The summed E-state index contributed by atoms with van der Waals surface area (Å²) in [6.45, 7) is 0.